The Kier molecular flexibility index (Phi) is 4.98. The van der Waals surface area contributed by atoms with Crippen LogP contribution in [0.2, 0.25) is 0 Å². The van der Waals surface area contributed by atoms with E-state index in [1.807, 2.05) is 18.2 Å². The van der Waals surface area contributed by atoms with E-state index < -0.39 is 0 Å². The summed E-state index contributed by atoms with van der Waals surface area (Å²) in [5.41, 5.74) is 1.96. The number of carbonyl (C=O) groups is 2. The van der Waals surface area contributed by atoms with Crippen LogP contribution in [0, 0.1) is 6.92 Å². The fourth-order valence-corrected chi connectivity index (χ4v) is 3.41. The number of benzene rings is 1. The Morgan fingerprint density at radius 3 is 2.89 bits per heavy atom. The van der Waals surface area contributed by atoms with Crippen LogP contribution in [-0.2, 0) is 17.8 Å². The highest BCUT2D eigenvalue weighted by molar-refractivity contribution is 7.14. The van der Waals surface area contributed by atoms with E-state index in [0.29, 0.717) is 40.2 Å². The van der Waals surface area contributed by atoms with Crippen molar-refractivity contribution in [3.63, 3.8) is 0 Å². The average Bonchev–Trinajstić information content (AvgIpc) is 3.40. The first kappa shape index (κ1) is 18.1. The number of ether oxygens (including phenoxy) is 2. The van der Waals surface area contributed by atoms with Crippen molar-refractivity contribution in [2.75, 3.05) is 12.1 Å². The normalized spacial score (nSPS) is 12.0. The monoisotopic (exact) mass is 399 g/mol. The van der Waals surface area contributed by atoms with Crippen LogP contribution < -0.4 is 20.1 Å². The summed E-state index contributed by atoms with van der Waals surface area (Å²) in [5.74, 6) is 1.47. The van der Waals surface area contributed by atoms with Gasteiger partial charge < -0.3 is 19.2 Å². The molecule has 9 heteroatoms. The molecule has 3 aromatic rings. The molecule has 28 heavy (non-hydrogen) atoms. The highest BCUT2D eigenvalue weighted by Gasteiger charge is 2.15. The average molecular weight is 399 g/mol. The Hall–Kier alpha value is -3.33. The molecule has 3 heterocycles. The Balaban J connectivity index is 1.29. The molecule has 144 valence electrons. The molecule has 1 aliphatic rings. The number of nitrogens with one attached hydrogen (secondary N) is 2. The molecule has 0 atom stereocenters. The SMILES string of the molecule is Cc1occc1C(=O)Nc1nc(CC(=O)NCc2ccc3c(c2)OCO3)cs1. The smallest absolute Gasteiger partial charge is 0.260 e. The van der Waals surface area contributed by atoms with Crippen molar-refractivity contribution in [3.8, 4) is 11.5 Å². The van der Waals surface area contributed by atoms with Gasteiger partial charge in [-0.05, 0) is 30.7 Å². The van der Waals surface area contributed by atoms with Gasteiger partial charge in [-0.15, -0.1) is 11.3 Å². The minimum Gasteiger partial charge on any atom is -0.469 e. The minimum atomic E-state index is -0.292. The van der Waals surface area contributed by atoms with Gasteiger partial charge in [0.1, 0.15) is 5.76 Å². The summed E-state index contributed by atoms with van der Waals surface area (Å²) in [4.78, 5) is 28.6. The number of anilines is 1. The fraction of sp³-hybridized carbons (Fsp3) is 0.211. The Bertz CT molecular complexity index is 1030. The molecule has 1 aromatic carbocycles. The van der Waals surface area contributed by atoms with Crippen molar-refractivity contribution < 1.29 is 23.5 Å². The zero-order valence-electron chi connectivity index (χ0n) is 15.0. The first-order chi connectivity index (χ1) is 13.6. The Labute approximate surface area is 164 Å². The van der Waals surface area contributed by atoms with Crippen LogP contribution in [0.25, 0.3) is 0 Å². The molecule has 0 saturated carbocycles. The van der Waals surface area contributed by atoms with Crippen molar-refractivity contribution in [2.45, 2.75) is 19.9 Å². The number of rotatable bonds is 6. The number of furan rings is 1. The van der Waals surface area contributed by atoms with Gasteiger partial charge in [0.2, 0.25) is 12.7 Å². The van der Waals surface area contributed by atoms with E-state index in [9.17, 15) is 9.59 Å². The molecule has 0 saturated heterocycles. The highest BCUT2D eigenvalue weighted by Crippen LogP contribution is 2.32. The number of carbonyl (C=O) groups excluding carboxylic acids is 2. The maximum absolute atomic E-state index is 12.2. The quantitative estimate of drug-likeness (QED) is 0.661. The van der Waals surface area contributed by atoms with Gasteiger partial charge in [0, 0.05) is 11.9 Å². The first-order valence-corrected chi connectivity index (χ1v) is 9.41. The number of nitrogens with zero attached hydrogens (tertiary/aromatic N) is 1. The van der Waals surface area contributed by atoms with Crippen LogP contribution in [0.1, 0.15) is 27.4 Å². The second kappa shape index (κ2) is 7.73. The van der Waals surface area contributed by atoms with Gasteiger partial charge in [-0.25, -0.2) is 4.98 Å². The third kappa shape index (κ3) is 3.99. The van der Waals surface area contributed by atoms with Gasteiger partial charge in [0.15, 0.2) is 16.6 Å². The second-order valence-electron chi connectivity index (χ2n) is 6.13. The van der Waals surface area contributed by atoms with Gasteiger partial charge in [-0.2, -0.15) is 0 Å². The van der Waals surface area contributed by atoms with Crippen LogP contribution >= 0.6 is 11.3 Å². The van der Waals surface area contributed by atoms with Crippen molar-refractivity contribution in [1.29, 1.82) is 0 Å². The summed E-state index contributed by atoms with van der Waals surface area (Å²) < 4.78 is 15.7. The standard InChI is InChI=1S/C19H17N3O5S/c1-11-14(4-5-25-11)18(24)22-19-21-13(9-28-19)7-17(23)20-8-12-2-3-15-16(6-12)27-10-26-15/h2-6,9H,7-8,10H2,1H3,(H,20,23)(H,21,22,24). The van der Waals surface area contributed by atoms with Crippen molar-refractivity contribution in [2.24, 2.45) is 0 Å². The molecule has 2 amide bonds. The van der Waals surface area contributed by atoms with Crippen molar-refractivity contribution in [1.82, 2.24) is 10.3 Å². The second-order valence-corrected chi connectivity index (χ2v) is 6.99. The molecular formula is C19H17N3O5S. The molecule has 4 rings (SSSR count). The fourth-order valence-electron chi connectivity index (χ4n) is 2.71. The maximum atomic E-state index is 12.2. The summed E-state index contributed by atoms with van der Waals surface area (Å²) in [6.45, 7) is 2.31. The van der Waals surface area contributed by atoms with E-state index in [1.54, 1.807) is 18.4 Å². The molecule has 1 aliphatic heterocycles. The van der Waals surface area contributed by atoms with Gasteiger partial charge in [0.05, 0.1) is 23.9 Å². The molecule has 0 fully saturated rings. The van der Waals surface area contributed by atoms with E-state index >= 15 is 0 Å². The number of hydrogen-bond donors (Lipinski definition) is 2. The predicted molar refractivity (Wildman–Crippen MR) is 102 cm³/mol. The number of aromatic nitrogens is 1. The minimum absolute atomic E-state index is 0.127. The van der Waals surface area contributed by atoms with Crippen LogP contribution in [0.3, 0.4) is 0 Å². The number of thiazole rings is 1. The number of aryl methyl sites for hydroxylation is 1. The Morgan fingerprint density at radius 1 is 1.21 bits per heavy atom. The van der Waals surface area contributed by atoms with Crippen LogP contribution in [0.4, 0.5) is 5.13 Å². The lowest BCUT2D eigenvalue weighted by molar-refractivity contribution is -0.120. The van der Waals surface area contributed by atoms with E-state index in [0.717, 1.165) is 5.56 Å². The summed E-state index contributed by atoms with van der Waals surface area (Å²) in [7, 11) is 0. The summed E-state index contributed by atoms with van der Waals surface area (Å²) in [6.07, 6.45) is 1.59. The predicted octanol–water partition coefficient (Wildman–Crippen LogP) is 2.88. The third-order valence-corrected chi connectivity index (χ3v) is 4.95. The van der Waals surface area contributed by atoms with E-state index in [4.69, 9.17) is 13.9 Å². The molecule has 2 N–H and O–H groups in total. The van der Waals surface area contributed by atoms with Crippen molar-refractivity contribution in [3.05, 3.63) is 58.5 Å². The van der Waals surface area contributed by atoms with Gasteiger partial charge >= 0.3 is 0 Å². The van der Waals surface area contributed by atoms with Gasteiger partial charge in [-0.3, -0.25) is 14.9 Å². The van der Waals surface area contributed by atoms with E-state index in [-0.39, 0.29) is 25.0 Å². The topological polar surface area (TPSA) is 103 Å². The van der Waals surface area contributed by atoms with Crippen LogP contribution in [0.15, 0.2) is 40.3 Å². The first-order valence-electron chi connectivity index (χ1n) is 8.53. The molecule has 8 nitrogen and oxygen atoms in total. The number of amides is 2. The van der Waals surface area contributed by atoms with Gasteiger partial charge in [0.25, 0.3) is 5.91 Å². The maximum Gasteiger partial charge on any atom is 0.260 e. The number of fused-ring (bicyclic) bond motifs is 1. The molecule has 2 aromatic heterocycles. The summed E-state index contributed by atoms with van der Waals surface area (Å²) in [6, 6.07) is 7.14. The summed E-state index contributed by atoms with van der Waals surface area (Å²) in [5, 5.41) is 7.74. The molecule has 0 bridgehead atoms. The lowest BCUT2D eigenvalue weighted by Crippen LogP contribution is -2.24. The zero-order valence-corrected chi connectivity index (χ0v) is 15.8. The zero-order chi connectivity index (χ0) is 19.5. The summed E-state index contributed by atoms with van der Waals surface area (Å²) >= 11 is 1.27. The highest BCUT2D eigenvalue weighted by atomic mass is 32.1. The molecular weight excluding hydrogens is 382 g/mol. The Morgan fingerprint density at radius 2 is 2.07 bits per heavy atom. The molecule has 0 spiro atoms. The van der Waals surface area contributed by atoms with Gasteiger partial charge in [-0.1, -0.05) is 6.07 Å². The molecule has 0 aliphatic carbocycles. The van der Waals surface area contributed by atoms with Crippen LogP contribution in [-0.4, -0.2) is 23.6 Å². The number of hydrogen-bond acceptors (Lipinski definition) is 7. The third-order valence-electron chi connectivity index (χ3n) is 4.14. The van der Waals surface area contributed by atoms with Crippen molar-refractivity contribution >= 4 is 28.3 Å². The van der Waals surface area contributed by atoms with Crippen LogP contribution in [0.5, 0.6) is 11.5 Å². The lowest BCUT2D eigenvalue weighted by Gasteiger charge is -2.05. The van der Waals surface area contributed by atoms with E-state index in [2.05, 4.69) is 15.6 Å². The van der Waals surface area contributed by atoms with E-state index in [1.165, 1.54) is 17.6 Å². The largest absolute Gasteiger partial charge is 0.469 e. The molecule has 0 unspecified atom stereocenters. The lowest BCUT2D eigenvalue weighted by atomic mass is 10.2. The molecule has 0 radical (unpaired) electrons.